The van der Waals surface area contributed by atoms with Crippen molar-refractivity contribution in [3.8, 4) is 11.5 Å². The van der Waals surface area contributed by atoms with Gasteiger partial charge in [0.15, 0.2) is 11.5 Å². The van der Waals surface area contributed by atoms with Crippen molar-refractivity contribution < 1.29 is 27.8 Å². The highest BCUT2D eigenvalue weighted by molar-refractivity contribution is 5.85. The number of para-hydroxylation sites is 1. The number of halogens is 4. The largest absolute Gasteiger partial charge is 0.504 e. The highest BCUT2D eigenvalue weighted by atomic mass is 19.2. The Labute approximate surface area is 115 Å². The minimum absolute atomic E-state index is 0.0123. The first kappa shape index (κ1) is 14.6. The van der Waals surface area contributed by atoms with Crippen LogP contribution >= 0.6 is 0 Å². The van der Waals surface area contributed by atoms with Gasteiger partial charge in [-0.15, -0.1) is 0 Å². The predicted octanol–water partition coefficient (Wildman–Crippen LogP) is 2.50. The van der Waals surface area contributed by atoms with Crippen molar-refractivity contribution in [1.29, 1.82) is 0 Å². The maximum absolute atomic E-state index is 13.2. The second-order valence-electron chi connectivity index (χ2n) is 3.78. The van der Waals surface area contributed by atoms with Crippen LogP contribution in [0.4, 0.5) is 23.2 Å². The zero-order valence-corrected chi connectivity index (χ0v) is 10.1. The van der Waals surface area contributed by atoms with Gasteiger partial charge in [0.05, 0.1) is 6.21 Å². The van der Waals surface area contributed by atoms with E-state index in [0.29, 0.717) is 0 Å². The standard InChI is InChI=1S/C12H7F4N3O2/c13-7-9(8(14)12(16)18-11(7)15)19-17-4-5-2-1-3-6(20)10(5)21/h1-4,20-21H,(H,18,19)/b17-4+. The van der Waals surface area contributed by atoms with Crippen LogP contribution in [0.25, 0.3) is 0 Å². The molecule has 21 heavy (non-hydrogen) atoms. The van der Waals surface area contributed by atoms with Gasteiger partial charge in [-0.3, -0.25) is 5.43 Å². The number of aromatic nitrogens is 1. The topological polar surface area (TPSA) is 77.7 Å². The fraction of sp³-hybridized carbons (Fsp3) is 0. The number of rotatable bonds is 3. The van der Waals surface area contributed by atoms with Gasteiger partial charge in [0.2, 0.25) is 11.6 Å². The Morgan fingerprint density at radius 3 is 2.29 bits per heavy atom. The summed E-state index contributed by atoms with van der Waals surface area (Å²) in [6.07, 6.45) is 0.893. The number of nitrogens with zero attached hydrogens (tertiary/aromatic N) is 2. The minimum Gasteiger partial charge on any atom is -0.504 e. The number of hydrogen-bond acceptors (Lipinski definition) is 5. The molecule has 0 aliphatic carbocycles. The molecule has 0 unspecified atom stereocenters. The average Bonchev–Trinajstić information content (AvgIpc) is 2.45. The van der Waals surface area contributed by atoms with Gasteiger partial charge >= 0.3 is 0 Å². The van der Waals surface area contributed by atoms with Crippen molar-refractivity contribution in [1.82, 2.24) is 4.98 Å². The fourth-order valence-corrected chi connectivity index (χ4v) is 1.40. The number of phenols is 2. The molecule has 0 aliphatic rings. The van der Waals surface area contributed by atoms with Gasteiger partial charge in [0, 0.05) is 5.56 Å². The molecule has 0 saturated carbocycles. The molecule has 0 radical (unpaired) electrons. The lowest BCUT2D eigenvalue weighted by Crippen LogP contribution is -2.05. The first-order valence-electron chi connectivity index (χ1n) is 5.41. The summed E-state index contributed by atoms with van der Waals surface area (Å²) in [6.45, 7) is 0. The summed E-state index contributed by atoms with van der Waals surface area (Å²) in [4.78, 5) is 2.38. The van der Waals surface area contributed by atoms with Gasteiger partial charge in [-0.2, -0.15) is 27.6 Å². The first-order valence-corrected chi connectivity index (χ1v) is 5.41. The number of anilines is 1. The van der Waals surface area contributed by atoms with E-state index in [1.54, 1.807) is 5.43 Å². The summed E-state index contributed by atoms with van der Waals surface area (Å²) >= 11 is 0. The van der Waals surface area contributed by atoms with Crippen LogP contribution in [0.2, 0.25) is 0 Å². The number of benzene rings is 1. The summed E-state index contributed by atoms with van der Waals surface area (Å²) in [6, 6.07) is 3.91. The number of hydrogen-bond donors (Lipinski definition) is 3. The van der Waals surface area contributed by atoms with E-state index in [9.17, 15) is 27.8 Å². The van der Waals surface area contributed by atoms with E-state index in [1.165, 1.54) is 18.2 Å². The van der Waals surface area contributed by atoms with Crippen LogP contribution in [0.15, 0.2) is 23.3 Å². The van der Waals surface area contributed by atoms with E-state index in [0.717, 1.165) is 6.21 Å². The summed E-state index contributed by atoms with van der Waals surface area (Å²) in [5.74, 6) is -8.09. The van der Waals surface area contributed by atoms with Gasteiger partial charge in [-0.05, 0) is 12.1 Å². The van der Waals surface area contributed by atoms with Gasteiger partial charge < -0.3 is 10.2 Å². The van der Waals surface area contributed by atoms with Crippen LogP contribution in [-0.4, -0.2) is 21.4 Å². The lowest BCUT2D eigenvalue weighted by molar-refractivity contribution is 0.403. The van der Waals surface area contributed by atoms with Crippen LogP contribution < -0.4 is 5.43 Å². The van der Waals surface area contributed by atoms with Crippen molar-refractivity contribution in [3.05, 3.63) is 47.3 Å². The molecule has 0 saturated heterocycles. The number of hydrazone groups is 1. The quantitative estimate of drug-likeness (QED) is 0.268. The van der Waals surface area contributed by atoms with Crippen LogP contribution in [0.3, 0.4) is 0 Å². The van der Waals surface area contributed by atoms with E-state index in [4.69, 9.17) is 0 Å². The average molecular weight is 301 g/mol. The molecule has 3 N–H and O–H groups in total. The Kier molecular flexibility index (Phi) is 3.92. The molecule has 0 bridgehead atoms. The lowest BCUT2D eigenvalue weighted by Gasteiger charge is -2.05. The molecule has 1 aromatic heterocycles. The Balaban J connectivity index is 2.28. The van der Waals surface area contributed by atoms with Crippen molar-refractivity contribution in [2.24, 2.45) is 5.10 Å². The monoisotopic (exact) mass is 301 g/mol. The molecule has 1 heterocycles. The molecule has 5 nitrogen and oxygen atoms in total. The Hall–Kier alpha value is -2.84. The van der Waals surface area contributed by atoms with Crippen molar-refractivity contribution in [2.75, 3.05) is 5.43 Å². The molecule has 9 heteroatoms. The summed E-state index contributed by atoms with van der Waals surface area (Å²) in [7, 11) is 0. The van der Waals surface area contributed by atoms with Crippen molar-refractivity contribution in [3.63, 3.8) is 0 Å². The van der Waals surface area contributed by atoms with E-state index < -0.39 is 40.7 Å². The van der Waals surface area contributed by atoms with E-state index in [2.05, 4.69) is 10.1 Å². The molecular formula is C12H7F4N3O2. The summed E-state index contributed by atoms with van der Waals surface area (Å²) < 4.78 is 52.1. The number of nitrogens with one attached hydrogen (secondary N) is 1. The molecule has 0 fully saturated rings. The zero-order chi connectivity index (χ0) is 15.6. The molecule has 0 amide bonds. The van der Waals surface area contributed by atoms with Crippen molar-refractivity contribution >= 4 is 11.9 Å². The predicted molar refractivity (Wildman–Crippen MR) is 65.1 cm³/mol. The highest BCUT2D eigenvalue weighted by Crippen LogP contribution is 2.27. The Morgan fingerprint density at radius 2 is 1.67 bits per heavy atom. The van der Waals surface area contributed by atoms with Gasteiger partial charge in [-0.25, -0.2) is 0 Å². The number of aromatic hydroxyl groups is 2. The third-order valence-corrected chi connectivity index (χ3v) is 2.42. The molecule has 0 atom stereocenters. The number of phenolic OH excluding ortho intramolecular Hbond substituents is 2. The minimum atomic E-state index is -1.83. The second-order valence-corrected chi connectivity index (χ2v) is 3.78. The van der Waals surface area contributed by atoms with E-state index >= 15 is 0 Å². The highest BCUT2D eigenvalue weighted by Gasteiger charge is 2.20. The Morgan fingerprint density at radius 1 is 1.05 bits per heavy atom. The van der Waals surface area contributed by atoms with E-state index in [1.807, 2.05) is 0 Å². The molecular weight excluding hydrogens is 294 g/mol. The Bertz CT molecular complexity index is 696. The van der Waals surface area contributed by atoms with Crippen LogP contribution in [0.1, 0.15) is 5.56 Å². The maximum Gasteiger partial charge on any atom is 0.254 e. The zero-order valence-electron chi connectivity index (χ0n) is 10.1. The van der Waals surface area contributed by atoms with Crippen LogP contribution in [0, 0.1) is 23.5 Å². The van der Waals surface area contributed by atoms with Gasteiger partial charge in [0.25, 0.3) is 11.9 Å². The number of pyridine rings is 1. The third-order valence-electron chi connectivity index (χ3n) is 2.42. The summed E-state index contributed by atoms with van der Waals surface area (Å²) in [5, 5.41) is 22.0. The molecule has 2 aromatic rings. The second kappa shape index (κ2) is 5.65. The molecule has 2 rings (SSSR count). The van der Waals surface area contributed by atoms with Crippen LogP contribution in [0.5, 0.6) is 11.5 Å². The lowest BCUT2D eigenvalue weighted by atomic mass is 10.2. The third kappa shape index (κ3) is 2.86. The normalized spacial score (nSPS) is 11.0. The SMILES string of the molecule is Oc1cccc(/C=N/Nc2c(F)c(F)nc(F)c2F)c1O. The molecule has 0 aliphatic heterocycles. The van der Waals surface area contributed by atoms with E-state index in [-0.39, 0.29) is 5.56 Å². The molecule has 0 spiro atoms. The first-order chi connectivity index (χ1) is 9.91. The van der Waals surface area contributed by atoms with Gasteiger partial charge in [0.1, 0.15) is 5.69 Å². The van der Waals surface area contributed by atoms with Crippen molar-refractivity contribution in [2.45, 2.75) is 0 Å². The van der Waals surface area contributed by atoms with Gasteiger partial charge in [-0.1, -0.05) is 6.07 Å². The molecule has 1 aromatic carbocycles. The molecule has 110 valence electrons. The van der Waals surface area contributed by atoms with Crippen LogP contribution in [-0.2, 0) is 0 Å². The summed E-state index contributed by atoms with van der Waals surface area (Å²) in [5.41, 5.74) is 0.607. The maximum atomic E-state index is 13.2. The smallest absolute Gasteiger partial charge is 0.254 e. The fourth-order valence-electron chi connectivity index (χ4n) is 1.40.